The summed E-state index contributed by atoms with van der Waals surface area (Å²) in [5.41, 5.74) is 0.118. The smallest absolute Gasteiger partial charge is 0.416 e. The van der Waals surface area contributed by atoms with Crippen molar-refractivity contribution in [3.63, 3.8) is 0 Å². The molecule has 0 N–H and O–H groups in total. The van der Waals surface area contributed by atoms with Crippen molar-refractivity contribution in [3.05, 3.63) is 71.6 Å². The predicted molar refractivity (Wildman–Crippen MR) is 109 cm³/mol. The van der Waals surface area contributed by atoms with Crippen LogP contribution < -0.4 is 4.74 Å². The van der Waals surface area contributed by atoms with Crippen LogP contribution in [0.25, 0.3) is 17.5 Å². The Balaban J connectivity index is 1.54. The zero-order valence-electron chi connectivity index (χ0n) is 16.6. The largest absolute Gasteiger partial charge is 0.423 e. The zero-order chi connectivity index (χ0) is 21.8. The maximum Gasteiger partial charge on any atom is 0.416 e. The molecule has 4 rings (SSSR count). The number of hydrogen-bond acceptors (Lipinski definition) is 4. The summed E-state index contributed by atoms with van der Waals surface area (Å²) in [6.45, 7) is 0.801. The van der Waals surface area contributed by atoms with Gasteiger partial charge in [-0.1, -0.05) is 30.7 Å². The number of carbonyl (C=O) groups excluding carboxylic acids is 1. The SMILES string of the molecule is O=C(C=Cc1cccc(C(F)(F)F)c1)Oc1ccccc1-c1nnc2n1CCCCC2. The third kappa shape index (κ3) is 4.84. The van der Waals surface area contributed by atoms with Gasteiger partial charge in [-0.2, -0.15) is 13.2 Å². The minimum atomic E-state index is -4.44. The summed E-state index contributed by atoms with van der Waals surface area (Å²) < 4.78 is 46.1. The predicted octanol–water partition coefficient (Wildman–Crippen LogP) is 5.31. The standard InChI is InChI=1S/C23H20F3N3O2/c24-23(25,26)17-8-6-7-16(15-17)12-13-21(30)31-19-10-4-3-9-18(19)22-28-27-20-11-2-1-5-14-29(20)22/h3-4,6-10,12-13,15H,1-2,5,11,14H2. The van der Waals surface area contributed by atoms with Crippen molar-refractivity contribution in [3.8, 4) is 17.1 Å². The van der Waals surface area contributed by atoms with E-state index in [2.05, 4.69) is 14.8 Å². The van der Waals surface area contributed by atoms with Crippen molar-refractivity contribution >= 4 is 12.0 Å². The first kappa shape index (κ1) is 20.8. The number of fused-ring (bicyclic) bond motifs is 1. The van der Waals surface area contributed by atoms with E-state index < -0.39 is 17.7 Å². The number of rotatable bonds is 4. The van der Waals surface area contributed by atoms with E-state index in [0.29, 0.717) is 17.1 Å². The molecule has 31 heavy (non-hydrogen) atoms. The molecular weight excluding hydrogens is 407 g/mol. The average molecular weight is 427 g/mol. The Hall–Kier alpha value is -3.42. The highest BCUT2D eigenvalue weighted by molar-refractivity contribution is 5.89. The number of para-hydroxylation sites is 1. The number of alkyl halides is 3. The molecule has 5 nitrogen and oxygen atoms in total. The van der Waals surface area contributed by atoms with E-state index in [1.807, 2.05) is 6.07 Å². The molecule has 0 bridgehead atoms. The van der Waals surface area contributed by atoms with E-state index in [-0.39, 0.29) is 5.56 Å². The summed E-state index contributed by atoms with van der Waals surface area (Å²) >= 11 is 0. The third-order valence-corrected chi connectivity index (χ3v) is 5.07. The summed E-state index contributed by atoms with van der Waals surface area (Å²) in [7, 11) is 0. The van der Waals surface area contributed by atoms with E-state index in [4.69, 9.17) is 4.74 Å². The maximum absolute atomic E-state index is 12.8. The van der Waals surface area contributed by atoms with Gasteiger partial charge in [-0.25, -0.2) is 4.79 Å². The molecule has 0 unspecified atom stereocenters. The zero-order valence-corrected chi connectivity index (χ0v) is 16.6. The number of carbonyl (C=O) groups is 1. The number of esters is 1. The fourth-order valence-electron chi connectivity index (χ4n) is 3.55. The minimum Gasteiger partial charge on any atom is -0.423 e. The second-order valence-corrected chi connectivity index (χ2v) is 7.28. The van der Waals surface area contributed by atoms with Gasteiger partial charge in [0.2, 0.25) is 0 Å². The number of hydrogen-bond donors (Lipinski definition) is 0. The molecule has 1 aliphatic heterocycles. The Morgan fingerprint density at radius 3 is 2.71 bits per heavy atom. The van der Waals surface area contributed by atoms with Crippen LogP contribution in [0.5, 0.6) is 5.75 Å². The topological polar surface area (TPSA) is 57.0 Å². The van der Waals surface area contributed by atoms with Gasteiger partial charge in [-0.15, -0.1) is 10.2 Å². The highest BCUT2D eigenvalue weighted by Crippen LogP contribution is 2.31. The molecule has 0 saturated carbocycles. The van der Waals surface area contributed by atoms with Crippen LogP contribution in [0, 0.1) is 0 Å². The van der Waals surface area contributed by atoms with E-state index in [9.17, 15) is 18.0 Å². The highest BCUT2D eigenvalue weighted by atomic mass is 19.4. The van der Waals surface area contributed by atoms with Gasteiger partial charge in [0, 0.05) is 19.0 Å². The highest BCUT2D eigenvalue weighted by Gasteiger charge is 2.30. The third-order valence-electron chi connectivity index (χ3n) is 5.07. The molecule has 0 saturated heterocycles. The van der Waals surface area contributed by atoms with E-state index in [1.165, 1.54) is 18.2 Å². The quantitative estimate of drug-likeness (QED) is 0.322. The molecule has 1 aliphatic rings. The Kier molecular flexibility index (Phi) is 5.88. The molecule has 3 aromatic rings. The van der Waals surface area contributed by atoms with Crippen LogP contribution >= 0.6 is 0 Å². The molecule has 2 heterocycles. The molecule has 1 aromatic heterocycles. The molecule has 160 valence electrons. The van der Waals surface area contributed by atoms with Crippen LogP contribution in [0.3, 0.4) is 0 Å². The molecule has 0 atom stereocenters. The number of ether oxygens (including phenoxy) is 1. The molecule has 0 spiro atoms. The summed E-state index contributed by atoms with van der Waals surface area (Å²) in [4.78, 5) is 12.4. The first-order valence-corrected chi connectivity index (χ1v) is 10.0. The summed E-state index contributed by atoms with van der Waals surface area (Å²) in [5.74, 6) is 1.18. The number of nitrogens with zero attached hydrogens (tertiary/aromatic N) is 3. The lowest BCUT2D eigenvalue weighted by Crippen LogP contribution is -2.07. The first-order valence-electron chi connectivity index (χ1n) is 10.0. The Morgan fingerprint density at radius 2 is 1.87 bits per heavy atom. The summed E-state index contributed by atoms with van der Waals surface area (Å²) in [6.07, 6.45) is 2.03. The fourth-order valence-corrected chi connectivity index (χ4v) is 3.55. The van der Waals surface area contributed by atoms with Gasteiger partial charge in [0.25, 0.3) is 0 Å². The van der Waals surface area contributed by atoms with Crippen LogP contribution in [0.4, 0.5) is 13.2 Å². The number of aromatic nitrogens is 3. The van der Waals surface area contributed by atoms with Gasteiger partial charge in [-0.05, 0) is 48.7 Å². The van der Waals surface area contributed by atoms with Crippen LogP contribution in [0.2, 0.25) is 0 Å². The number of halogens is 3. The van der Waals surface area contributed by atoms with Crippen LogP contribution in [-0.4, -0.2) is 20.7 Å². The Labute approximate surface area is 177 Å². The van der Waals surface area contributed by atoms with Crippen molar-refractivity contribution < 1.29 is 22.7 Å². The first-order chi connectivity index (χ1) is 14.9. The number of aryl methyl sites for hydroxylation is 1. The average Bonchev–Trinajstić information content (AvgIpc) is 3.00. The second kappa shape index (κ2) is 8.75. The second-order valence-electron chi connectivity index (χ2n) is 7.28. The molecule has 8 heteroatoms. The molecular formula is C23H20F3N3O2. The normalized spacial score (nSPS) is 14.3. The molecule has 0 radical (unpaired) electrons. The van der Waals surface area contributed by atoms with Crippen LogP contribution in [0.15, 0.2) is 54.6 Å². The van der Waals surface area contributed by atoms with Crippen molar-refractivity contribution in [2.24, 2.45) is 0 Å². The minimum absolute atomic E-state index is 0.253. The molecule has 2 aromatic carbocycles. The number of benzene rings is 2. The van der Waals surface area contributed by atoms with E-state index >= 15 is 0 Å². The van der Waals surface area contributed by atoms with E-state index in [1.54, 1.807) is 18.2 Å². The van der Waals surface area contributed by atoms with Gasteiger partial charge in [0.05, 0.1) is 11.1 Å². The molecule has 0 fully saturated rings. The van der Waals surface area contributed by atoms with Gasteiger partial charge in [0.1, 0.15) is 11.6 Å². The Morgan fingerprint density at radius 1 is 1.03 bits per heavy atom. The monoisotopic (exact) mass is 427 g/mol. The molecule has 0 aliphatic carbocycles. The van der Waals surface area contributed by atoms with Crippen molar-refractivity contribution in [1.82, 2.24) is 14.8 Å². The lowest BCUT2D eigenvalue weighted by atomic mass is 10.1. The van der Waals surface area contributed by atoms with Crippen LogP contribution in [0.1, 0.15) is 36.2 Å². The van der Waals surface area contributed by atoms with Crippen molar-refractivity contribution in [2.45, 2.75) is 38.4 Å². The lowest BCUT2D eigenvalue weighted by Gasteiger charge is -2.11. The fraction of sp³-hybridized carbons (Fsp3) is 0.261. The maximum atomic E-state index is 12.8. The molecule has 0 amide bonds. The van der Waals surface area contributed by atoms with Crippen LogP contribution in [-0.2, 0) is 23.9 Å². The lowest BCUT2D eigenvalue weighted by molar-refractivity contribution is -0.137. The van der Waals surface area contributed by atoms with Gasteiger partial charge in [0.15, 0.2) is 5.82 Å². The Bertz CT molecular complexity index is 1120. The van der Waals surface area contributed by atoms with Gasteiger partial charge in [-0.3, -0.25) is 0 Å². The summed E-state index contributed by atoms with van der Waals surface area (Å²) in [5, 5.41) is 8.59. The van der Waals surface area contributed by atoms with Gasteiger partial charge >= 0.3 is 12.1 Å². The van der Waals surface area contributed by atoms with Crippen molar-refractivity contribution in [2.75, 3.05) is 0 Å². The van der Waals surface area contributed by atoms with E-state index in [0.717, 1.165) is 56.3 Å². The van der Waals surface area contributed by atoms with Crippen molar-refractivity contribution in [1.29, 1.82) is 0 Å². The summed E-state index contributed by atoms with van der Waals surface area (Å²) in [6, 6.07) is 11.8. The van der Waals surface area contributed by atoms with Gasteiger partial charge < -0.3 is 9.30 Å².